The van der Waals surface area contributed by atoms with Gasteiger partial charge in [0.15, 0.2) is 5.78 Å². The lowest BCUT2D eigenvalue weighted by Gasteiger charge is -2.29. The van der Waals surface area contributed by atoms with Crippen LogP contribution in [0.1, 0.15) is 47.0 Å². The zero-order valence-corrected chi connectivity index (χ0v) is 12.9. The molecular formula is C17H24O3. The number of hydrogen-bond donors (Lipinski definition) is 0. The molecule has 0 bridgehead atoms. The maximum atomic E-state index is 11.9. The van der Waals surface area contributed by atoms with Gasteiger partial charge in [-0.3, -0.25) is 9.59 Å². The quantitative estimate of drug-likeness (QED) is 0.567. The minimum absolute atomic E-state index is 0.0966. The predicted octanol–water partition coefficient (Wildman–Crippen LogP) is 3.76. The number of allylic oxidation sites excluding steroid dienone is 3. The molecule has 3 nitrogen and oxygen atoms in total. The third kappa shape index (κ3) is 4.80. The van der Waals surface area contributed by atoms with Crippen molar-refractivity contribution in [1.82, 2.24) is 0 Å². The Morgan fingerprint density at radius 3 is 2.65 bits per heavy atom. The molecule has 0 saturated carbocycles. The lowest BCUT2D eigenvalue weighted by molar-refractivity contribution is -0.147. The topological polar surface area (TPSA) is 43.4 Å². The van der Waals surface area contributed by atoms with Crippen LogP contribution in [0.4, 0.5) is 0 Å². The molecule has 1 rings (SSSR count). The Balaban J connectivity index is 2.78. The monoisotopic (exact) mass is 276 g/mol. The van der Waals surface area contributed by atoms with E-state index in [4.69, 9.17) is 4.74 Å². The van der Waals surface area contributed by atoms with Gasteiger partial charge in [-0.1, -0.05) is 23.8 Å². The van der Waals surface area contributed by atoms with E-state index in [9.17, 15) is 9.59 Å². The van der Waals surface area contributed by atoms with Crippen LogP contribution in [0.3, 0.4) is 0 Å². The van der Waals surface area contributed by atoms with E-state index in [0.717, 1.165) is 18.4 Å². The molecule has 0 spiro atoms. The minimum atomic E-state index is -0.357. The molecule has 1 aliphatic rings. The SMILES string of the molecule is C=C(CCC=C(C)C)[C@@H]1CC(=O)C(C)=C[C@H]1OC(C)=O. The van der Waals surface area contributed by atoms with Crippen molar-refractivity contribution in [3.63, 3.8) is 0 Å². The molecule has 3 heteroatoms. The Bertz CT molecular complexity index is 465. The smallest absolute Gasteiger partial charge is 0.303 e. The fourth-order valence-corrected chi connectivity index (χ4v) is 2.35. The van der Waals surface area contributed by atoms with Crippen LogP contribution >= 0.6 is 0 Å². The standard InChI is InChI=1S/C17H24O3/c1-11(2)7-6-8-12(3)15-10-16(19)13(4)9-17(15)20-14(5)18/h7,9,15,17H,3,6,8,10H2,1-2,4-5H3/t15-,17+/m0/s1. The number of hydrogen-bond acceptors (Lipinski definition) is 3. The van der Waals surface area contributed by atoms with Gasteiger partial charge in [-0.05, 0) is 45.3 Å². The van der Waals surface area contributed by atoms with E-state index in [1.807, 2.05) is 0 Å². The lowest BCUT2D eigenvalue weighted by Crippen LogP contribution is -2.32. The van der Waals surface area contributed by atoms with Crippen molar-refractivity contribution < 1.29 is 14.3 Å². The molecule has 0 saturated heterocycles. The van der Waals surface area contributed by atoms with Gasteiger partial charge in [-0.15, -0.1) is 0 Å². The maximum Gasteiger partial charge on any atom is 0.303 e. The first-order valence-electron chi connectivity index (χ1n) is 7.01. The zero-order valence-electron chi connectivity index (χ0n) is 12.9. The number of rotatable bonds is 5. The van der Waals surface area contributed by atoms with Crippen LogP contribution in [-0.2, 0) is 14.3 Å². The summed E-state index contributed by atoms with van der Waals surface area (Å²) in [6, 6.07) is 0. The van der Waals surface area contributed by atoms with Gasteiger partial charge in [0.25, 0.3) is 0 Å². The first-order valence-corrected chi connectivity index (χ1v) is 7.01. The molecule has 2 atom stereocenters. The number of Topliss-reactive ketones (excluding diaryl/α,β-unsaturated/α-hetero) is 1. The van der Waals surface area contributed by atoms with Gasteiger partial charge in [0.1, 0.15) is 6.10 Å². The van der Waals surface area contributed by atoms with Crippen LogP contribution in [0.15, 0.2) is 35.5 Å². The Morgan fingerprint density at radius 2 is 2.10 bits per heavy atom. The number of carbonyl (C=O) groups is 2. The van der Waals surface area contributed by atoms with Gasteiger partial charge in [0.05, 0.1) is 0 Å². The first kappa shape index (κ1) is 16.4. The van der Waals surface area contributed by atoms with Gasteiger partial charge >= 0.3 is 5.97 Å². The Hall–Kier alpha value is -1.64. The van der Waals surface area contributed by atoms with E-state index in [1.165, 1.54) is 12.5 Å². The van der Waals surface area contributed by atoms with Gasteiger partial charge in [-0.25, -0.2) is 0 Å². The molecule has 0 aromatic rings. The Labute approximate surface area is 121 Å². The number of carbonyl (C=O) groups excluding carboxylic acids is 2. The summed E-state index contributed by atoms with van der Waals surface area (Å²) in [5, 5.41) is 0. The number of ether oxygens (including phenoxy) is 1. The highest BCUT2D eigenvalue weighted by Gasteiger charge is 2.31. The summed E-state index contributed by atoms with van der Waals surface area (Å²) in [5.41, 5.74) is 2.92. The molecule has 110 valence electrons. The van der Waals surface area contributed by atoms with Gasteiger partial charge in [-0.2, -0.15) is 0 Å². The second-order valence-electron chi connectivity index (χ2n) is 5.64. The van der Waals surface area contributed by atoms with Crippen molar-refractivity contribution in [2.75, 3.05) is 0 Å². The molecule has 0 aromatic carbocycles. The summed E-state index contributed by atoms with van der Waals surface area (Å²) in [4.78, 5) is 23.1. The van der Waals surface area contributed by atoms with E-state index in [-0.39, 0.29) is 23.8 Å². The highest BCUT2D eigenvalue weighted by atomic mass is 16.5. The number of esters is 1. The second kappa shape index (κ2) is 7.22. The van der Waals surface area contributed by atoms with Crippen molar-refractivity contribution in [2.45, 2.75) is 53.1 Å². The van der Waals surface area contributed by atoms with Crippen LogP contribution in [0.5, 0.6) is 0 Å². The lowest BCUT2D eigenvalue weighted by atomic mass is 9.81. The predicted molar refractivity (Wildman–Crippen MR) is 80.2 cm³/mol. The van der Waals surface area contributed by atoms with Crippen LogP contribution in [0.25, 0.3) is 0 Å². The van der Waals surface area contributed by atoms with Gasteiger partial charge in [0.2, 0.25) is 0 Å². The second-order valence-corrected chi connectivity index (χ2v) is 5.64. The van der Waals surface area contributed by atoms with Crippen molar-refractivity contribution in [3.05, 3.63) is 35.5 Å². The van der Waals surface area contributed by atoms with Crippen molar-refractivity contribution in [1.29, 1.82) is 0 Å². The van der Waals surface area contributed by atoms with Crippen LogP contribution < -0.4 is 0 Å². The van der Waals surface area contributed by atoms with Crippen LogP contribution in [0, 0.1) is 5.92 Å². The highest BCUT2D eigenvalue weighted by Crippen LogP contribution is 2.31. The summed E-state index contributed by atoms with van der Waals surface area (Å²) in [6.45, 7) is 11.4. The summed E-state index contributed by atoms with van der Waals surface area (Å²) in [7, 11) is 0. The molecule has 0 fully saturated rings. The molecule has 0 amide bonds. The van der Waals surface area contributed by atoms with Gasteiger partial charge < -0.3 is 4.74 Å². The molecule has 0 N–H and O–H groups in total. The van der Waals surface area contributed by atoms with E-state index in [2.05, 4.69) is 26.5 Å². The molecule has 1 aliphatic carbocycles. The van der Waals surface area contributed by atoms with Gasteiger partial charge in [0, 0.05) is 19.3 Å². The molecule has 20 heavy (non-hydrogen) atoms. The van der Waals surface area contributed by atoms with E-state index >= 15 is 0 Å². The molecule has 0 aromatic heterocycles. The fourth-order valence-electron chi connectivity index (χ4n) is 2.35. The summed E-state index contributed by atoms with van der Waals surface area (Å²) in [6.07, 6.45) is 5.65. The Morgan fingerprint density at radius 1 is 1.45 bits per heavy atom. The zero-order chi connectivity index (χ0) is 15.3. The maximum absolute atomic E-state index is 11.9. The number of ketones is 1. The highest BCUT2D eigenvalue weighted by molar-refractivity contribution is 5.96. The largest absolute Gasteiger partial charge is 0.458 e. The van der Waals surface area contributed by atoms with E-state index in [0.29, 0.717) is 12.0 Å². The fraction of sp³-hybridized carbons (Fsp3) is 0.529. The molecule has 0 radical (unpaired) electrons. The normalized spacial score (nSPS) is 22.0. The molecule has 0 heterocycles. The third-order valence-electron chi connectivity index (χ3n) is 3.50. The van der Waals surface area contributed by atoms with Crippen LogP contribution in [0.2, 0.25) is 0 Å². The van der Waals surface area contributed by atoms with Crippen molar-refractivity contribution >= 4 is 11.8 Å². The minimum Gasteiger partial charge on any atom is -0.458 e. The summed E-state index contributed by atoms with van der Waals surface area (Å²) in [5.74, 6) is -0.307. The summed E-state index contributed by atoms with van der Waals surface area (Å²) < 4.78 is 5.33. The van der Waals surface area contributed by atoms with Crippen LogP contribution in [-0.4, -0.2) is 17.9 Å². The van der Waals surface area contributed by atoms with E-state index in [1.54, 1.807) is 13.0 Å². The Kier molecular flexibility index (Phi) is 5.93. The molecular weight excluding hydrogens is 252 g/mol. The van der Waals surface area contributed by atoms with Crippen molar-refractivity contribution in [3.8, 4) is 0 Å². The molecule has 0 aliphatic heterocycles. The van der Waals surface area contributed by atoms with E-state index < -0.39 is 0 Å². The molecule has 0 unspecified atom stereocenters. The third-order valence-corrected chi connectivity index (χ3v) is 3.50. The first-order chi connectivity index (χ1) is 9.31. The average Bonchev–Trinajstić information content (AvgIpc) is 2.32. The average molecular weight is 276 g/mol. The summed E-state index contributed by atoms with van der Waals surface area (Å²) >= 11 is 0. The van der Waals surface area contributed by atoms with Crippen molar-refractivity contribution in [2.24, 2.45) is 5.92 Å².